The summed E-state index contributed by atoms with van der Waals surface area (Å²) in [4.78, 5) is 0. The van der Waals surface area contributed by atoms with Gasteiger partial charge in [-0.3, -0.25) is 0 Å². The third-order valence-electron chi connectivity index (χ3n) is 3.53. The van der Waals surface area contributed by atoms with Crippen LogP contribution in [0.15, 0.2) is 84.7 Å². The maximum Gasteiger partial charge on any atom is 0.131 e. The van der Waals surface area contributed by atoms with Crippen LogP contribution in [0.3, 0.4) is 0 Å². The summed E-state index contributed by atoms with van der Waals surface area (Å²) < 4.78 is 11.5. The standard InChI is InChI=1S/C22H21NO2/c1-4-17(2)8-9-18(3)25-22-7-5-6-21(14-22)24-16-20-12-10-19(15-23)11-13-20/h4-14H,3,16H2,1-2H3/b9-8-,17-4-. The van der Waals surface area contributed by atoms with Crippen LogP contribution in [0.4, 0.5) is 0 Å². The first-order valence-corrected chi connectivity index (χ1v) is 8.00. The van der Waals surface area contributed by atoms with Crippen molar-refractivity contribution in [3.8, 4) is 17.6 Å². The number of ether oxygens (including phenoxy) is 2. The Morgan fingerprint density at radius 3 is 2.52 bits per heavy atom. The molecule has 2 aromatic rings. The molecule has 2 rings (SSSR count). The maximum absolute atomic E-state index is 8.81. The van der Waals surface area contributed by atoms with Crippen LogP contribution in [0.25, 0.3) is 0 Å². The quantitative estimate of drug-likeness (QED) is 0.493. The molecule has 0 radical (unpaired) electrons. The summed E-state index contributed by atoms with van der Waals surface area (Å²) in [6.07, 6.45) is 5.80. The van der Waals surface area contributed by atoms with E-state index < -0.39 is 0 Å². The highest BCUT2D eigenvalue weighted by Crippen LogP contribution is 2.22. The normalized spacial score (nSPS) is 11.2. The average Bonchev–Trinajstić information content (AvgIpc) is 2.65. The van der Waals surface area contributed by atoms with Crippen LogP contribution in [0, 0.1) is 11.3 Å². The monoisotopic (exact) mass is 331 g/mol. The molecule has 0 heterocycles. The van der Waals surface area contributed by atoms with Crippen molar-refractivity contribution in [1.29, 1.82) is 5.26 Å². The Bertz CT molecular complexity index is 824. The molecular weight excluding hydrogens is 310 g/mol. The molecule has 0 aromatic heterocycles. The Morgan fingerprint density at radius 1 is 1.12 bits per heavy atom. The Labute approximate surface area is 149 Å². The molecule has 0 saturated carbocycles. The summed E-state index contributed by atoms with van der Waals surface area (Å²) in [5.74, 6) is 1.94. The zero-order chi connectivity index (χ0) is 18.1. The van der Waals surface area contributed by atoms with E-state index in [0.717, 1.165) is 11.1 Å². The lowest BCUT2D eigenvalue weighted by Gasteiger charge is -2.09. The molecule has 3 heteroatoms. The van der Waals surface area contributed by atoms with Gasteiger partial charge in [0.25, 0.3) is 0 Å². The van der Waals surface area contributed by atoms with Gasteiger partial charge in [0.05, 0.1) is 11.6 Å². The first kappa shape index (κ1) is 18.1. The Morgan fingerprint density at radius 2 is 1.84 bits per heavy atom. The molecular formula is C22H21NO2. The molecule has 0 spiro atoms. The number of benzene rings is 2. The number of rotatable bonds is 7. The summed E-state index contributed by atoms with van der Waals surface area (Å²) in [5, 5.41) is 8.81. The zero-order valence-corrected chi connectivity index (χ0v) is 14.5. The fourth-order valence-electron chi connectivity index (χ4n) is 1.98. The molecule has 0 aliphatic heterocycles. The molecule has 3 nitrogen and oxygen atoms in total. The molecule has 2 aromatic carbocycles. The third-order valence-corrected chi connectivity index (χ3v) is 3.53. The molecule has 0 unspecified atom stereocenters. The fraction of sp³-hybridized carbons (Fsp3) is 0.136. The number of nitrogens with zero attached hydrogens (tertiary/aromatic N) is 1. The van der Waals surface area contributed by atoms with E-state index in [0.29, 0.717) is 29.4 Å². The van der Waals surface area contributed by atoms with Crippen molar-refractivity contribution in [2.24, 2.45) is 0 Å². The lowest BCUT2D eigenvalue weighted by molar-refractivity contribution is 0.304. The highest BCUT2D eigenvalue weighted by molar-refractivity contribution is 5.36. The van der Waals surface area contributed by atoms with Crippen LogP contribution in [0.5, 0.6) is 11.5 Å². The van der Waals surface area contributed by atoms with Crippen LogP contribution in [-0.2, 0) is 6.61 Å². The van der Waals surface area contributed by atoms with E-state index in [1.807, 2.05) is 68.5 Å². The highest BCUT2D eigenvalue weighted by Gasteiger charge is 2.01. The molecule has 0 bridgehead atoms. The summed E-state index contributed by atoms with van der Waals surface area (Å²) >= 11 is 0. The average molecular weight is 331 g/mol. The first-order chi connectivity index (χ1) is 12.1. The Balaban J connectivity index is 1.95. The predicted molar refractivity (Wildman–Crippen MR) is 100 cm³/mol. The zero-order valence-electron chi connectivity index (χ0n) is 14.5. The van der Waals surface area contributed by atoms with E-state index in [1.165, 1.54) is 0 Å². The minimum Gasteiger partial charge on any atom is -0.489 e. The third kappa shape index (κ3) is 6.04. The summed E-state index contributed by atoms with van der Waals surface area (Å²) in [6, 6.07) is 16.9. The highest BCUT2D eigenvalue weighted by atomic mass is 16.5. The van der Waals surface area contributed by atoms with Crippen LogP contribution < -0.4 is 9.47 Å². The summed E-state index contributed by atoms with van der Waals surface area (Å²) in [7, 11) is 0. The van der Waals surface area contributed by atoms with Gasteiger partial charge in [-0.15, -0.1) is 0 Å². The lowest BCUT2D eigenvalue weighted by Crippen LogP contribution is -1.96. The van der Waals surface area contributed by atoms with Gasteiger partial charge in [-0.1, -0.05) is 42.5 Å². The number of allylic oxidation sites excluding steroid dienone is 4. The summed E-state index contributed by atoms with van der Waals surface area (Å²) in [6.45, 7) is 8.32. The van der Waals surface area contributed by atoms with Crippen LogP contribution in [-0.4, -0.2) is 0 Å². The van der Waals surface area contributed by atoms with Crippen LogP contribution in [0.2, 0.25) is 0 Å². The number of nitriles is 1. The van der Waals surface area contributed by atoms with E-state index in [4.69, 9.17) is 14.7 Å². The minimum atomic E-state index is 0.427. The van der Waals surface area contributed by atoms with Crippen molar-refractivity contribution < 1.29 is 9.47 Å². The molecule has 0 fully saturated rings. The number of hydrogen-bond acceptors (Lipinski definition) is 3. The van der Waals surface area contributed by atoms with Crippen molar-refractivity contribution in [2.45, 2.75) is 20.5 Å². The summed E-state index contributed by atoms with van der Waals surface area (Å²) in [5.41, 5.74) is 2.78. The topological polar surface area (TPSA) is 42.2 Å². The van der Waals surface area contributed by atoms with Crippen molar-refractivity contribution in [3.63, 3.8) is 0 Å². The molecule has 126 valence electrons. The Kier molecular flexibility index (Phi) is 6.62. The van der Waals surface area contributed by atoms with E-state index in [-0.39, 0.29) is 0 Å². The van der Waals surface area contributed by atoms with E-state index in [9.17, 15) is 0 Å². The first-order valence-electron chi connectivity index (χ1n) is 8.00. The maximum atomic E-state index is 8.81. The molecule has 0 saturated heterocycles. The van der Waals surface area contributed by atoms with Crippen molar-refractivity contribution in [1.82, 2.24) is 0 Å². The smallest absolute Gasteiger partial charge is 0.131 e. The molecule has 0 atom stereocenters. The second-order valence-electron chi connectivity index (χ2n) is 5.51. The lowest BCUT2D eigenvalue weighted by atomic mass is 10.2. The van der Waals surface area contributed by atoms with E-state index >= 15 is 0 Å². The van der Waals surface area contributed by atoms with Gasteiger partial charge in [0.2, 0.25) is 0 Å². The second kappa shape index (κ2) is 9.14. The van der Waals surface area contributed by atoms with Gasteiger partial charge in [-0.25, -0.2) is 0 Å². The van der Waals surface area contributed by atoms with Gasteiger partial charge in [-0.2, -0.15) is 5.26 Å². The molecule has 0 N–H and O–H groups in total. The van der Waals surface area contributed by atoms with Crippen molar-refractivity contribution in [2.75, 3.05) is 0 Å². The molecule has 0 aliphatic rings. The van der Waals surface area contributed by atoms with Crippen molar-refractivity contribution in [3.05, 3.63) is 95.8 Å². The van der Waals surface area contributed by atoms with E-state index in [1.54, 1.807) is 12.1 Å². The fourth-order valence-corrected chi connectivity index (χ4v) is 1.98. The van der Waals surface area contributed by atoms with Crippen LogP contribution >= 0.6 is 0 Å². The predicted octanol–water partition coefficient (Wildman–Crippen LogP) is 5.55. The van der Waals surface area contributed by atoms with Gasteiger partial charge >= 0.3 is 0 Å². The van der Waals surface area contributed by atoms with Gasteiger partial charge in [-0.05, 0) is 49.8 Å². The second-order valence-corrected chi connectivity index (χ2v) is 5.51. The molecule has 25 heavy (non-hydrogen) atoms. The number of hydrogen-bond donors (Lipinski definition) is 0. The SMILES string of the molecule is C=C(/C=C\C(C)=C/C)Oc1cccc(OCc2ccc(C#N)cc2)c1. The largest absolute Gasteiger partial charge is 0.489 e. The van der Waals surface area contributed by atoms with E-state index in [2.05, 4.69) is 12.6 Å². The van der Waals surface area contributed by atoms with Gasteiger partial charge < -0.3 is 9.47 Å². The minimum absolute atomic E-state index is 0.427. The van der Waals surface area contributed by atoms with Crippen molar-refractivity contribution >= 4 is 0 Å². The van der Waals surface area contributed by atoms with Gasteiger partial charge in [0.1, 0.15) is 23.9 Å². The van der Waals surface area contributed by atoms with Gasteiger partial charge in [0, 0.05) is 6.07 Å². The molecule has 0 amide bonds. The van der Waals surface area contributed by atoms with Crippen LogP contribution in [0.1, 0.15) is 25.0 Å². The Hall–Kier alpha value is -3.25. The molecule has 0 aliphatic carbocycles. The van der Waals surface area contributed by atoms with Gasteiger partial charge in [0.15, 0.2) is 0 Å².